The van der Waals surface area contributed by atoms with Crippen LogP contribution < -0.4 is 4.90 Å². The Balaban J connectivity index is 2.43. The molecule has 1 aliphatic heterocycles. The van der Waals surface area contributed by atoms with Gasteiger partial charge in [-0.2, -0.15) is 0 Å². The molecule has 128 valence electrons. The quantitative estimate of drug-likeness (QED) is 0.374. The monoisotopic (exact) mass is 371 g/mol. The maximum Gasteiger partial charge on any atom is 0.199 e. The van der Waals surface area contributed by atoms with Gasteiger partial charge in [0.15, 0.2) is 46.5 Å². The number of benzene rings is 2. The van der Waals surface area contributed by atoms with E-state index in [9.17, 15) is 35.1 Å². The van der Waals surface area contributed by atoms with Crippen molar-refractivity contribution in [1.82, 2.24) is 0 Å². The van der Waals surface area contributed by atoms with Crippen LogP contribution in [-0.4, -0.2) is 6.54 Å². The summed E-state index contributed by atoms with van der Waals surface area (Å²) in [5, 5.41) is 0. The molecule has 0 saturated carbocycles. The minimum atomic E-state index is -2.16. The second-order valence-electron chi connectivity index (χ2n) is 4.71. The fraction of sp³-hybridized carbons (Fsp3) is 0.143. The summed E-state index contributed by atoms with van der Waals surface area (Å²) >= 11 is -0.0561. The zero-order chi connectivity index (χ0) is 17.9. The van der Waals surface area contributed by atoms with Gasteiger partial charge in [-0.05, 0) is 6.92 Å². The minimum Gasteiger partial charge on any atom is -0.335 e. The number of anilines is 2. The van der Waals surface area contributed by atoms with E-state index in [1.54, 1.807) is 0 Å². The summed E-state index contributed by atoms with van der Waals surface area (Å²) in [6.07, 6.45) is 0. The van der Waals surface area contributed by atoms with Crippen molar-refractivity contribution in [3.63, 3.8) is 0 Å². The molecule has 1 heterocycles. The van der Waals surface area contributed by atoms with Gasteiger partial charge in [-0.25, -0.2) is 35.1 Å². The highest BCUT2D eigenvalue weighted by Crippen LogP contribution is 2.53. The zero-order valence-corrected chi connectivity index (χ0v) is 12.4. The van der Waals surface area contributed by atoms with Crippen molar-refractivity contribution in [2.75, 3.05) is 11.4 Å². The van der Waals surface area contributed by atoms with Crippen molar-refractivity contribution >= 4 is 23.1 Å². The predicted octanol–water partition coefficient (Wildman–Crippen LogP) is 5.42. The number of nitrogens with zero attached hydrogens (tertiary/aromatic N) is 1. The second kappa shape index (κ2) is 5.54. The third-order valence-corrected chi connectivity index (χ3v) is 4.61. The fourth-order valence-corrected chi connectivity index (χ4v) is 3.55. The summed E-state index contributed by atoms with van der Waals surface area (Å²) in [6.45, 7) is 0.879. The van der Waals surface area contributed by atoms with Crippen LogP contribution in [0.15, 0.2) is 9.79 Å². The minimum absolute atomic E-state index is 0.0561. The highest BCUT2D eigenvalue weighted by Gasteiger charge is 2.39. The van der Waals surface area contributed by atoms with E-state index >= 15 is 0 Å². The van der Waals surface area contributed by atoms with E-state index in [0.29, 0.717) is 4.90 Å². The van der Waals surface area contributed by atoms with Gasteiger partial charge >= 0.3 is 0 Å². The molecule has 0 N–H and O–H groups in total. The zero-order valence-electron chi connectivity index (χ0n) is 11.6. The topological polar surface area (TPSA) is 3.24 Å². The number of fused-ring (bicyclic) bond motifs is 2. The Labute approximate surface area is 133 Å². The Morgan fingerprint density at radius 3 is 1.25 bits per heavy atom. The first-order chi connectivity index (χ1) is 11.2. The normalized spacial score (nSPS) is 13.1. The molecule has 2 aromatic rings. The third-order valence-electron chi connectivity index (χ3n) is 3.46. The lowest BCUT2D eigenvalue weighted by atomic mass is 10.1. The van der Waals surface area contributed by atoms with Crippen molar-refractivity contribution in [2.45, 2.75) is 16.7 Å². The van der Waals surface area contributed by atoms with Crippen molar-refractivity contribution in [2.24, 2.45) is 0 Å². The van der Waals surface area contributed by atoms with Crippen molar-refractivity contribution in [3.8, 4) is 0 Å². The molecule has 0 bridgehead atoms. The van der Waals surface area contributed by atoms with E-state index in [1.807, 2.05) is 0 Å². The molecule has 0 saturated heterocycles. The van der Waals surface area contributed by atoms with Crippen LogP contribution in [0, 0.1) is 46.5 Å². The Morgan fingerprint density at radius 1 is 0.583 bits per heavy atom. The van der Waals surface area contributed by atoms with Crippen LogP contribution in [0.2, 0.25) is 0 Å². The molecule has 0 aromatic heterocycles. The SMILES string of the molecule is CCN1c2c(F)c(F)c(F)c(F)c2Sc2c(F)c(F)c(F)c(F)c21. The van der Waals surface area contributed by atoms with Gasteiger partial charge in [0.05, 0.1) is 21.2 Å². The Bertz CT molecular complexity index is 813. The number of rotatable bonds is 1. The first-order valence-corrected chi connectivity index (χ1v) is 7.21. The molecule has 0 fully saturated rings. The third kappa shape index (κ3) is 2.01. The van der Waals surface area contributed by atoms with Gasteiger partial charge in [-0.3, -0.25) is 0 Å². The van der Waals surface area contributed by atoms with Crippen LogP contribution in [0.1, 0.15) is 6.92 Å². The molecule has 0 unspecified atom stereocenters. The van der Waals surface area contributed by atoms with E-state index in [4.69, 9.17) is 0 Å². The fourth-order valence-electron chi connectivity index (χ4n) is 2.40. The lowest BCUT2D eigenvalue weighted by molar-refractivity contribution is 0.391. The molecule has 3 rings (SSSR count). The molecule has 0 radical (unpaired) electrons. The summed E-state index contributed by atoms with van der Waals surface area (Å²) in [4.78, 5) is -1.28. The summed E-state index contributed by atoms with van der Waals surface area (Å²) in [7, 11) is 0. The lowest BCUT2D eigenvalue weighted by Gasteiger charge is -2.33. The van der Waals surface area contributed by atoms with E-state index in [-0.39, 0.29) is 18.3 Å². The Hall–Kier alpha value is -1.97. The highest BCUT2D eigenvalue weighted by atomic mass is 32.2. The standard InChI is InChI=1S/C14H5F8NS/c1-2-23-11-7(19)3(15)5(17)9(21)13(11)24-14-10(22)6(18)4(16)8(20)12(14)23/h2H2,1H3. The van der Waals surface area contributed by atoms with Gasteiger partial charge < -0.3 is 4.90 Å². The number of halogens is 8. The van der Waals surface area contributed by atoms with Crippen LogP contribution in [-0.2, 0) is 0 Å². The number of hydrogen-bond acceptors (Lipinski definition) is 2. The second-order valence-corrected chi connectivity index (χ2v) is 5.73. The first-order valence-electron chi connectivity index (χ1n) is 6.39. The molecule has 0 amide bonds. The number of hydrogen-bond donors (Lipinski definition) is 0. The molecule has 0 atom stereocenters. The van der Waals surface area contributed by atoms with Crippen molar-refractivity contribution < 1.29 is 35.1 Å². The average Bonchev–Trinajstić information content (AvgIpc) is 2.59. The molecule has 1 aliphatic rings. The van der Waals surface area contributed by atoms with Gasteiger partial charge in [-0.1, -0.05) is 11.8 Å². The molecule has 24 heavy (non-hydrogen) atoms. The Morgan fingerprint density at radius 2 is 0.917 bits per heavy atom. The summed E-state index contributed by atoms with van der Waals surface area (Å²) < 4.78 is 110. The van der Waals surface area contributed by atoms with Crippen molar-refractivity contribution in [1.29, 1.82) is 0 Å². The first kappa shape index (κ1) is 16.9. The van der Waals surface area contributed by atoms with Gasteiger partial charge in [0.25, 0.3) is 0 Å². The predicted molar refractivity (Wildman–Crippen MR) is 69.4 cm³/mol. The summed E-state index contributed by atoms with van der Waals surface area (Å²) in [5.74, 6) is -16.0. The van der Waals surface area contributed by atoms with Crippen LogP contribution in [0.3, 0.4) is 0 Å². The molecule has 1 nitrogen and oxygen atoms in total. The van der Waals surface area contributed by atoms with E-state index in [1.165, 1.54) is 6.92 Å². The van der Waals surface area contributed by atoms with Gasteiger partial charge in [0, 0.05) is 6.54 Å². The van der Waals surface area contributed by atoms with Crippen LogP contribution in [0.25, 0.3) is 0 Å². The van der Waals surface area contributed by atoms with Crippen LogP contribution in [0.5, 0.6) is 0 Å². The lowest BCUT2D eigenvalue weighted by Crippen LogP contribution is -2.26. The van der Waals surface area contributed by atoms with E-state index < -0.39 is 67.7 Å². The maximum atomic E-state index is 14.0. The average molecular weight is 371 g/mol. The van der Waals surface area contributed by atoms with Gasteiger partial charge in [0.2, 0.25) is 0 Å². The van der Waals surface area contributed by atoms with Crippen LogP contribution in [0.4, 0.5) is 46.5 Å². The summed E-state index contributed by atoms with van der Waals surface area (Å²) in [5.41, 5.74) is -1.84. The van der Waals surface area contributed by atoms with Gasteiger partial charge in [0.1, 0.15) is 0 Å². The molecule has 0 aliphatic carbocycles. The van der Waals surface area contributed by atoms with E-state index in [0.717, 1.165) is 0 Å². The van der Waals surface area contributed by atoms with E-state index in [2.05, 4.69) is 0 Å². The molecule has 2 aromatic carbocycles. The molecular formula is C14H5F8NS. The largest absolute Gasteiger partial charge is 0.335 e. The molecule has 10 heteroatoms. The van der Waals surface area contributed by atoms with Gasteiger partial charge in [-0.15, -0.1) is 0 Å². The molecule has 0 spiro atoms. The molecular weight excluding hydrogens is 366 g/mol. The van der Waals surface area contributed by atoms with Crippen molar-refractivity contribution in [3.05, 3.63) is 46.5 Å². The Kier molecular flexibility index (Phi) is 3.89. The highest BCUT2D eigenvalue weighted by molar-refractivity contribution is 7.99. The van der Waals surface area contributed by atoms with Crippen LogP contribution >= 0.6 is 11.8 Å². The maximum absolute atomic E-state index is 14.0. The summed E-state index contributed by atoms with van der Waals surface area (Å²) in [6, 6.07) is 0. The smallest absolute Gasteiger partial charge is 0.199 e.